The number of hydrogen-bond acceptors (Lipinski definition) is 4. The lowest BCUT2D eigenvalue weighted by Crippen LogP contribution is -2.36. The quantitative estimate of drug-likeness (QED) is 0.633. The van der Waals surface area contributed by atoms with E-state index >= 15 is 0 Å². The van der Waals surface area contributed by atoms with Gasteiger partial charge in [0.25, 0.3) is 0 Å². The van der Waals surface area contributed by atoms with E-state index in [-0.39, 0.29) is 0 Å². The van der Waals surface area contributed by atoms with Crippen molar-refractivity contribution in [3.05, 3.63) is 29.8 Å². The third-order valence-corrected chi connectivity index (χ3v) is 3.79. The van der Waals surface area contributed by atoms with Crippen LogP contribution >= 0.6 is 0 Å². The van der Waals surface area contributed by atoms with Gasteiger partial charge in [0.1, 0.15) is 5.75 Å². The average Bonchev–Trinajstić information content (AvgIpc) is 2.52. The molecule has 0 fully saturated rings. The molecule has 4 heteroatoms. The minimum Gasteiger partial charge on any atom is -0.497 e. The largest absolute Gasteiger partial charge is 0.497 e. The Bertz CT molecular complexity index is 448. The zero-order chi connectivity index (χ0) is 17.9. The molecule has 0 saturated heterocycles. The van der Waals surface area contributed by atoms with Crippen molar-refractivity contribution in [2.45, 2.75) is 46.8 Å². The first-order valence-corrected chi connectivity index (χ1v) is 9.01. The summed E-state index contributed by atoms with van der Waals surface area (Å²) in [5.74, 6) is 2.01. The van der Waals surface area contributed by atoms with E-state index in [0.717, 1.165) is 25.3 Å². The van der Waals surface area contributed by atoms with E-state index in [9.17, 15) is 5.11 Å². The highest BCUT2D eigenvalue weighted by atomic mass is 16.5. The van der Waals surface area contributed by atoms with Gasteiger partial charge in [0.15, 0.2) is 0 Å². The van der Waals surface area contributed by atoms with E-state index < -0.39 is 6.10 Å². The minimum absolute atomic E-state index is 0.397. The van der Waals surface area contributed by atoms with E-state index in [1.165, 1.54) is 5.56 Å². The van der Waals surface area contributed by atoms with Crippen LogP contribution in [-0.4, -0.2) is 49.5 Å². The van der Waals surface area contributed by atoms with Gasteiger partial charge in [-0.3, -0.25) is 4.90 Å². The molecular formula is C20H35NO3. The van der Waals surface area contributed by atoms with Gasteiger partial charge in [-0.2, -0.15) is 0 Å². The Morgan fingerprint density at radius 3 is 2.46 bits per heavy atom. The normalized spacial score (nSPS) is 13.0. The van der Waals surface area contributed by atoms with Gasteiger partial charge < -0.3 is 14.6 Å². The lowest BCUT2D eigenvalue weighted by molar-refractivity contribution is 0.00628. The van der Waals surface area contributed by atoms with Crippen molar-refractivity contribution in [1.29, 1.82) is 0 Å². The summed E-state index contributed by atoms with van der Waals surface area (Å²) < 4.78 is 10.9. The molecule has 1 atom stereocenters. The van der Waals surface area contributed by atoms with Crippen LogP contribution in [0.25, 0.3) is 0 Å². The molecule has 4 nitrogen and oxygen atoms in total. The van der Waals surface area contributed by atoms with Gasteiger partial charge >= 0.3 is 0 Å². The zero-order valence-corrected chi connectivity index (χ0v) is 16.0. The summed E-state index contributed by atoms with van der Waals surface area (Å²) in [6, 6.07) is 8.13. The standard InChI is InChI=1S/C20H35NO3/c1-16(2)9-10-21(13-19(22)15-24-14-17(3)4)12-18-7-6-8-20(11-18)23-5/h6-8,11,16-17,19,22H,9-10,12-15H2,1-5H3/t19-/m0/s1. The lowest BCUT2D eigenvalue weighted by Gasteiger charge is -2.26. The second-order valence-corrected chi connectivity index (χ2v) is 7.35. The van der Waals surface area contributed by atoms with Crippen LogP contribution in [0.5, 0.6) is 5.75 Å². The van der Waals surface area contributed by atoms with Crippen LogP contribution in [0.3, 0.4) is 0 Å². The predicted octanol–water partition coefficient (Wildman–Crippen LogP) is 3.58. The molecule has 0 aliphatic heterocycles. The van der Waals surface area contributed by atoms with E-state index in [1.54, 1.807) is 7.11 Å². The fraction of sp³-hybridized carbons (Fsp3) is 0.700. The maximum Gasteiger partial charge on any atom is 0.119 e. The second-order valence-electron chi connectivity index (χ2n) is 7.35. The third-order valence-electron chi connectivity index (χ3n) is 3.79. The Morgan fingerprint density at radius 2 is 1.83 bits per heavy atom. The molecule has 24 heavy (non-hydrogen) atoms. The van der Waals surface area contributed by atoms with Crippen molar-refractivity contribution in [2.75, 3.05) is 33.4 Å². The first-order valence-electron chi connectivity index (χ1n) is 9.01. The molecule has 0 radical (unpaired) electrons. The number of hydrogen-bond donors (Lipinski definition) is 1. The molecule has 0 aliphatic carbocycles. The van der Waals surface area contributed by atoms with Crippen molar-refractivity contribution in [3.8, 4) is 5.75 Å². The molecule has 1 aromatic carbocycles. The number of aliphatic hydroxyl groups excluding tert-OH is 1. The van der Waals surface area contributed by atoms with Crippen LogP contribution in [0.2, 0.25) is 0 Å². The lowest BCUT2D eigenvalue weighted by atomic mass is 10.1. The number of ether oxygens (including phenoxy) is 2. The molecule has 1 rings (SSSR count). The maximum atomic E-state index is 10.3. The smallest absolute Gasteiger partial charge is 0.119 e. The molecule has 1 N–H and O–H groups in total. The molecular weight excluding hydrogens is 302 g/mol. The Labute approximate surface area is 147 Å². The van der Waals surface area contributed by atoms with Gasteiger partial charge in [0, 0.05) is 19.7 Å². The molecule has 0 aromatic heterocycles. The van der Waals surface area contributed by atoms with Gasteiger partial charge in [-0.1, -0.05) is 39.8 Å². The van der Waals surface area contributed by atoms with Crippen LogP contribution in [0.4, 0.5) is 0 Å². The molecule has 0 unspecified atom stereocenters. The third kappa shape index (κ3) is 9.26. The summed E-state index contributed by atoms with van der Waals surface area (Å²) in [4.78, 5) is 2.30. The molecule has 0 amide bonds. The first kappa shape index (κ1) is 20.9. The maximum absolute atomic E-state index is 10.3. The Morgan fingerprint density at radius 1 is 1.08 bits per heavy atom. The molecule has 0 spiro atoms. The molecule has 138 valence electrons. The summed E-state index contributed by atoms with van der Waals surface area (Å²) in [7, 11) is 1.69. The van der Waals surface area contributed by atoms with Crippen molar-refractivity contribution in [2.24, 2.45) is 11.8 Å². The number of benzene rings is 1. The van der Waals surface area contributed by atoms with Gasteiger partial charge in [0.05, 0.1) is 19.8 Å². The molecule has 0 aliphatic rings. The fourth-order valence-corrected chi connectivity index (χ4v) is 2.50. The van der Waals surface area contributed by atoms with Crippen molar-refractivity contribution < 1.29 is 14.6 Å². The summed E-state index contributed by atoms with van der Waals surface area (Å²) in [5.41, 5.74) is 1.20. The highest BCUT2D eigenvalue weighted by molar-refractivity contribution is 5.28. The number of aliphatic hydroxyl groups is 1. The Hall–Kier alpha value is -1.10. The monoisotopic (exact) mass is 337 g/mol. The van der Waals surface area contributed by atoms with Gasteiger partial charge in [-0.25, -0.2) is 0 Å². The van der Waals surface area contributed by atoms with Gasteiger partial charge in [-0.15, -0.1) is 0 Å². The second kappa shape index (κ2) is 11.5. The molecule has 0 bridgehead atoms. The van der Waals surface area contributed by atoms with Crippen LogP contribution in [0.15, 0.2) is 24.3 Å². The average molecular weight is 338 g/mol. The Balaban J connectivity index is 2.58. The zero-order valence-electron chi connectivity index (χ0n) is 16.0. The first-order chi connectivity index (χ1) is 11.4. The SMILES string of the molecule is COc1cccc(CN(CCC(C)C)C[C@H](O)COCC(C)C)c1. The summed E-state index contributed by atoms with van der Waals surface area (Å²) in [6.07, 6.45) is 0.658. The van der Waals surface area contributed by atoms with E-state index in [0.29, 0.717) is 31.6 Å². The molecule has 1 aromatic rings. The summed E-state index contributed by atoms with van der Waals surface area (Å²) in [5, 5.41) is 10.3. The minimum atomic E-state index is -0.457. The van der Waals surface area contributed by atoms with Crippen LogP contribution in [0.1, 0.15) is 39.7 Å². The summed E-state index contributed by atoms with van der Waals surface area (Å²) in [6.45, 7) is 12.2. The Kier molecular flexibility index (Phi) is 9.99. The van der Waals surface area contributed by atoms with Gasteiger partial charge in [-0.05, 0) is 42.5 Å². The van der Waals surface area contributed by atoms with Crippen LogP contribution in [0, 0.1) is 11.8 Å². The molecule has 0 heterocycles. The fourth-order valence-electron chi connectivity index (χ4n) is 2.50. The van der Waals surface area contributed by atoms with E-state index in [1.807, 2.05) is 12.1 Å². The number of methoxy groups -OCH3 is 1. The number of rotatable bonds is 12. The highest BCUT2D eigenvalue weighted by Crippen LogP contribution is 2.15. The van der Waals surface area contributed by atoms with Gasteiger partial charge in [0.2, 0.25) is 0 Å². The number of nitrogens with zero attached hydrogens (tertiary/aromatic N) is 1. The highest BCUT2D eigenvalue weighted by Gasteiger charge is 2.14. The van der Waals surface area contributed by atoms with Crippen LogP contribution < -0.4 is 4.74 Å². The van der Waals surface area contributed by atoms with Crippen molar-refractivity contribution >= 4 is 0 Å². The van der Waals surface area contributed by atoms with E-state index in [4.69, 9.17) is 9.47 Å². The van der Waals surface area contributed by atoms with E-state index in [2.05, 4.69) is 44.7 Å². The predicted molar refractivity (Wildman–Crippen MR) is 99.4 cm³/mol. The van der Waals surface area contributed by atoms with Crippen molar-refractivity contribution in [3.63, 3.8) is 0 Å². The van der Waals surface area contributed by atoms with Crippen LogP contribution in [-0.2, 0) is 11.3 Å². The van der Waals surface area contributed by atoms with Crippen molar-refractivity contribution in [1.82, 2.24) is 4.90 Å². The topological polar surface area (TPSA) is 41.9 Å². The summed E-state index contributed by atoms with van der Waals surface area (Å²) >= 11 is 0. The molecule has 0 saturated carbocycles.